The normalized spacial score (nSPS) is 10.2. The Labute approximate surface area is 140 Å². The van der Waals surface area contributed by atoms with Gasteiger partial charge in [-0.15, -0.1) is 0 Å². The lowest BCUT2D eigenvalue weighted by atomic mass is 10.00. The van der Waals surface area contributed by atoms with Gasteiger partial charge in [-0.05, 0) is 17.2 Å². The van der Waals surface area contributed by atoms with Crippen LogP contribution in [0.5, 0.6) is 0 Å². The predicted octanol–water partition coefficient (Wildman–Crippen LogP) is 4.46. The molecule has 0 heterocycles. The van der Waals surface area contributed by atoms with Crippen molar-refractivity contribution in [2.75, 3.05) is 0 Å². The molecule has 0 aliphatic heterocycles. The van der Waals surface area contributed by atoms with Gasteiger partial charge in [-0.25, -0.2) is 9.59 Å². The SMILES string of the molecule is C=COC(=O)c1cccc(/C=C/c2ccccc2)c1C(=O)OC=C. The topological polar surface area (TPSA) is 52.6 Å². The Morgan fingerprint density at radius 1 is 0.792 bits per heavy atom. The summed E-state index contributed by atoms with van der Waals surface area (Å²) >= 11 is 0. The Morgan fingerprint density at radius 2 is 1.46 bits per heavy atom. The average Bonchev–Trinajstić information content (AvgIpc) is 2.61. The molecule has 2 aromatic carbocycles. The summed E-state index contributed by atoms with van der Waals surface area (Å²) in [5.74, 6) is -1.37. The standard InChI is InChI=1S/C20H16O4/c1-3-23-19(21)17-12-8-11-16(18(17)20(22)24-4-2)14-13-15-9-6-5-7-10-15/h3-14H,1-2H2/b14-13+. The van der Waals surface area contributed by atoms with E-state index >= 15 is 0 Å². The molecule has 4 nitrogen and oxygen atoms in total. The summed E-state index contributed by atoms with van der Waals surface area (Å²) in [5, 5.41) is 0. The number of carbonyl (C=O) groups is 2. The van der Waals surface area contributed by atoms with Gasteiger partial charge >= 0.3 is 11.9 Å². The van der Waals surface area contributed by atoms with E-state index in [1.165, 1.54) is 6.07 Å². The molecule has 0 N–H and O–H groups in total. The van der Waals surface area contributed by atoms with Gasteiger partial charge in [0, 0.05) is 0 Å². The van der Waals surface area contributed by atoms with E-state index in [0.29, 0.717) is 5.56 Å². The van der Waals surface area contributed by atoms with Crippen molar-refractivity contribution >= 4 is 24.1 Å². The van der Waals surface area contributed by atoms with Gasteiger partial charge in [-0.1, -0.05) is 67.8 Å². The minimum atomic E-state index is -0.686. The van der Waals surface area contributed by atoms with E-state index in [4.69, 9.17) is 9.47 Å². The lowest BCUT2D eigenvalue weighted by Crippen LogP contribution is -2.12. The Bertz CT molecular complexity index is 789. The molecular formula is C20H16O4. The van der Waals surface area contributed by atoms with E-state index in [1.807, 2.05) is 36.4 Å². The molecule has 2 aromatic rings. The number of benzene rings is 2. The zero-order valence-electron chi connectivity index (χ0n) is 13.0. The summed E-state index contributed by atoms with van der Waals surface area (Å²) in [7, 11) is 0. The first kappa shape index (κ1) is 17.0. The molecule has 0 saturated heterocycles. The van der Waals surface area contributed by atoms with Gasteiger partial charge in [-0.2, -0.15) is 0 Å². The fourth-order valence-electron chi connectivity index (χ4n) is 2.13. The molecule has 0 aliphatic carbocycles. The highest BCUT2D eigenvalue weighted by atomic mass is 16.5. The molecule has 4 heteroatoms. The molecule has 2 rings (SSSR count). The molecule has 0 aliphatic rings. The number of esters is 2. The maximum absolute atomic E-state index is 12.2. The molecule has 0 saturated carbocycles. The van der Waals surface area contributed by atoms with Crippen LogP contribution in [0.4, 0.5) is 0 Å². The average molecular weight is 320 g/mol. The van der Waals surface area contributed by atoms with Gasteiger partial charge in [0.15, 0.2) is 0 Å². The Hall–Kier alpha value is -3.40. The van der Waals surface area contributed by atoms with Gasteiger partial charge in [-0.3, -0.25) is 0 Å². The number of ether oxygens (including phenoxy) is 2. The van der Waals surface area contributed by atoms with Crippen molar-refractivity contribution in [3.8, 4) is 0 Å². The van der Waals surface area contributed by atoms with E-state index in [9.17, 15) is 9.59 Å². The van der Waals surface area contributed by atoms with Crippen molar-refractivity contribution in [2.45, 2.75) is 0 Å². The van der Waals surface area contributed by atoms with Crippen LogP contribution in [-0.2, 0) is 9.47 Å². The smallest absolute Gasteiger partial charge is 0.344 e. The predicted molar refractivity (Wildman–Crippen MR) is 93.0 cm³/mol. The molecule has 120 valence electrons. The van der Waals surface area contributed by atoms with Crippen molar-refractivity contribution in [3.63, 3.8) is 0 Å². The van der Waals surface area contributed by atoms with Crippen molar-refractivity contribution in [1.29, 1.82) is 0 Å². The van der Waals surface area contributed by atoms with Crippen molar-refractivity contribution in [3.05, 3.63) is 96.5 Å². The lowest BCUT2D eigenvalue weighted by molar-refractivity contribution is 0.0619. The van der Waals surface area contributed by atoms with Gasteiger partial charge in [0.1, 0.15) is 0 Å². The lowest BCUT2D eigenvalue weighted by Gasteiger charge is -2.09. The maximum atomic E-state index is 12.2. The van der Waals surface area contributed by atoms with Crippen LogP contribution in [0.2, 0.25) is 0 Å². The first-order valence-electron chi connectivity index (χ1n) is 7.17. The van der Waals surface area contributed by atoms with Crippen molar-refractivity contribution in [1.82, 2.24) is 0 Å². The number of hydrogen-bond acceptors (Lipinski definition) is 4. The van der Waals surface area contributed by atoms with Crippen LogP contribution in [0.25, 0.3) is 12.2 Å². The van der Waals surface area contributed by atoms with Gasteiger partial charge in [0.2, 0.25) is 0 Å². The van der Waals surface area contributed by atoms with Crippen LogP contribution in [0.3, 0.4) is 0 Å². The van der Waals surface area contributed by atoms with Crippen LogP contribution in [0.15, 0.2) is 74.2 Å². The zero-order valence-corrected chi connectivity index (χ0v) is 13.0. The van der Waals surface area contributed by atoms with E-state index in [1.54, 1.807) is 18.2 Å². The fourth-order valence-corrected chi connectivity index (χ4v) is 2.13. The summed E-state index contributed by atoms with van der Waals surface area (Å²) in [6.07, 6.45) is 5.60. The van der Waals surface area contributed by atoms with Crippen molar-refractivity contribution < 1.29 is 19.1 Å². The Morgan fingerprint density at radius 3 is 2.12 bits per heavy atom. The van der Waals surface area contributed by atoms with Crippen LogP contribution in [0, 0.1) is 0 Å². The summed E-state index contributed by atoms with van der Waals surface area (Å²) in [6, 6.07) is 14.4. The first-order chi connectivity index (χ1) is 11.7. The van der Waals surface area contributed by atoms with Crippen LogP contribution in [0.1, 0.15) is 31.8 Å². The quantitative estimate of drug-likeness (QED) is 0.448. The van der Waals surface area contributed by atoms with E-state index in [2.05, 4.69) is 13.2 Å². The molecule has 0 radical (unpaired) electrons. The molecule has 24 heavy (non-hydrogen) atoms. The molecule has 0 atom stereocenters. The third-order valence-corrected chi connectivity index (χ3v) is 3.16. The first-order valence-corrected chi connectivity index (χ1v) is 7.17. The molecule has 0 amide bonds. The van der Waals surface area contributed by atoms with Crippen LogP contribution >= 0.6 is 0 Å². The molecule has 0 bridgehead atoms. The minimum absolute atomic E-state index is 0.0944. The molecular weight excluding hydrogens is 304 g/mol. The van der Waals surface area contributed by atoms with Gasteiger partial charge in [0.05, 0.1) is 23.7 Å². The number of hydrogen-bond donors (Lipinski definition) is 0. The van der Waals surface area contributed by atoms with Gasteiger partial charge < -0.3 is 9.47 Å². The summed E-state index contributed by atoms with van der Waals surface area (Å²) in [4.78, 5) is 24.3. The molecule has 0 aromatic heterocycles. The summed E-state index contributed by atoms with van der Waals surface area (Å²) in [5.41, 5.74) is 1.69. The molecule has 0 spiro atoms. The summed E-state index contributed by atoms with van der Waals surface area (Å²) in [6.45, 7) is 6.71. The largest absolute Gasteiger partial charge is 0.432 e. The Kier molecular flexibility index (Phi) is 5.86. The van der Waals surface area contributed by atoms with Crippen LogP contribution < -0.4 is 0 Å². The molecule has 0 unspecified atom stereocenters. The maximum Gasteiger partial charge on any atom is 0.344 e. The zero-order chi connectivity index (χ0) is 17.4. The Balaban J connectivity index is 2.49. The van der Waals surface area contributed by atoms with E-state index < -0.39 is 11.9 Å². The second-order valence-electron chi connectivity index (χ2n) is 4.66. The summed E-state index contributed by atoms with van der Waals surface area (Å²) < 4.78 is 9.63. The molecule has 0 fully saturated rings. The minimum Gasteiger partial charge on any atom is -0.432 e. The number of carbonyl (C=O) groups excluding carboxylic acids is 2. The number of rotatable bonds is 6. The second kappa shape index (κ2) is 8.29. The fraction of sp³-hybridized carbons (Fsp3) is 0. The monoisotopic (exact) mass is 320 g/mol. The highest BCUT2D eigenvalue weighted by Gasteiger charge is 2.21. The third kappa shape index (κ3) is 4.08. The highest BCUT2D eigenvalue weighted by Crippen LogP contribution is 2.20. The van der Waals surface area contributed by atoms with Crippen LogP contribution in [-0.4, -0.2) is 11.9 Å². The van der Waals surface area contributed by atoms with Crippen molar-refractivity contribution in [2.24, 2.45) is 0 Å². The third-order valence-electron chi connectivity index (χ3n) is 3.16. The van der Waals surface area contributed by atoms with E-state index in [-0.39, 0.29) is 11.1 Å². The second-order valence-corrected chi connectivity index (χ2v) is 4.66. The van der Waals surface area contributed by atoms with E-state index in [0.717, 1.165) is 18.1 Å². The van der Waals surface area contributed by atoms with Gasteiger partial charge in [0.25, 0.3) is 0 Å². The highest BCUT2D eigenvalue weighted by molar-refractivity contribution is 6.06.